The summed E-state index contributed by atoms with van der Waals surface area (Å²) in [6.07, 6.45) is 4.72. The van der Waals surface area contributed by atoms with Crippen molar-refractivity contribution in [3.05, 3.63) is 41.1 Å². The van der Waals surface area contributed by atoms with Gasteiger partial charge in [0.2, 0.25) is 0 Å². The highest BCUT2D eigenvalue weighted by atomic mass is 16.5. The first-order chi connectivity index (χ1) is 14.0. The standard InChI is InChI=1S/C22H27N3O4/c1-14(2)12-23-22(28)25-19(26)13-29-21(27)20-15-8-4-3-5-10-17(15)24-18-11-7-6-9-16(18)20/h6-7,9,11,14H,3-5,8,10,12-13H2,1-2H3,(H2,23,25,26,28). The van der Waals surface area contributed by atoms with Crippen molar-refractivity contribution in [2.75, 3.05) is 13.2 Å². The molecule has 0 aliphatic heterocycles. The van der Waals surface area contributed by atoms with Crippen LogP contribution in [0.4, 0.5) is 4.79 Å². The van der Waals surface area contributed by atoms with E-state index >= 15 is 0 Å². The summed E-state index contributed by atoms with van der Waals surface area (Å²) in [6.45, 7) is 3.84. The lowest BCUT2D eigenvalue weighted by atomic mass is 9.97. The van der Waals surface area contributed by atoms with Crippen LogP contribution in [0, 0.1) is 5.92 Å². The van der Waals surface area contributed by atoms with E-state index in [1.54, 1.807) is 0 Å². The molecule has 7 heteroatoms. The number of ether oxygens (including phenoxy) is 1. The summed E-state index contributed by atoms with van der Waals surface area (Å²) in [5, 5.41) is 5.49. The number of amides is 3. The van der Waals surface area contributed by atoms with Gasteiger partial charge in [0.1, 0.15) is 0 Å². The Labute approximate surface area is 170 Å². The van der Waals surface area contributed by atoms with Crippen molar-refractivity contribution in [2.24, 2.45) is 5.92 Å². The third-order valence-electron chi connectivity index (χ3n) is 4.88. The average molecular weight is 397 g/mol. The second kappa shape index (κ2) is 9.49. The van der Waals surface area contributed by atoms with Crippen molar-refractivity contribution >= 4 is 28.8 Å². The van der Waals surface area contributed by atoms with Gasteiger partial charge < -0.3 is 10.1 Å². The van der Waals surface area contributed by atoms with Crippen LogP contribution in [0.15, 0.2) is 24.3 Å². The SMILES string of the molecule is CC(C)CNC(=O)NC(=O)COC(=O)c1c2c(nc3ccccc13)CCCCC2. The summed E-state index contributed by atoms with van der Waals surface area (Å²) in [7, 11) is 0. The predicted molar refractivity (Wildman–Crippen MR) is 110 cm³/mol. The number of pyridine rings is 1. The van der Waals surface area contributed by atoms with E-state index in [1.165, 1.54) is 0 Å². The fourth-order valence-corrected chi connectivity index (χ4v) is 3.49. The number of urea groups is 1. The molecule has 0 bridgehead atoms. The summed E-state index contributed by atoms with van der Waals surface area (Å²) in [4.78, 5) is 41.3. The molecule has 7 nitrogen and oxygen atoms in total. The minimum absolute atomic E-state index is 0.268. The lowest BCUT2D eigenvalue weighted by Crippen LogP contribution is -2.42. The Balaban J connectivity index is 1.74. The number of aryl methyl sites for hydroxylation is 1. The molecule has 1 aliphatic carbocycles. The third-order valence-corrected chi connectivity index (χ3v) is 4.88. The minimum atomic E-state index is -0.663. The zero-order chi connectivity index (χ0) is 20.8. The van der Waals surface area contributed by atoms with Crippen LogP contribution < -0.4 is 10.6 Å². The number of benzene rings is 1. The molecule has 1 aromatic carbocycles. The first kappa shape index (κ1) is 20.8. The number of esters is 1. The molecule has 0 saturated heterocycles. The Kier molecular flexibility index (Phi) is 6.80. The maximum absolute atomic E-state index is 12.9. The molecule has 1 aromatic heterocycles. The van der Waals surface area contributed by atoms with Gasteiger partial charge in [-0.05, 0) is 43.2 Å². The molecule has 3 amide bonds. The number of nitrogens with zero attached hydrogens (tertiary/aromatic N) is 1. The first-order valence-corrected chi connectivity index (χ1v) is 10.1. The van der Waals surface area contributed by atoms with Crippen LogP contribution in [-0.4, -0.2) is 36.0 Å². The summed E-state index contributed by atoms with van der Waals surface area (Å²) in [5.41, 5.74) is 3.09. The van der Waals surface area contributed by atoms with Crippen LogP contribution in [0.25, 0.3) is 10.9 Å². The molecule has 29 heavy (non-hydrogen) atoms. The number of nitrogens with one attached hydrogen (secondary N) is 2. The monoisotopic (exact) mass is 397 g/mol. The molecule has 0 saturated carbocycles. The number of aromatic nitrogens is 1. The Morgan fingerprint density at radius 1 is 1.10 bits per heavy atom. The van der Waals surface area contributed by atoms with Crippen molar-refractivity contribution in [1.29, 1.82) is 0 Å². The zero-order valence-electron chi connectivity index (χ0n) is 16.9. The quantitative estimate of drug-likeness (QED) is 0.597. The first-order valence-electron chi connectivity index (χ1n) is 10.1. The normalized spacial score (nSPS) is 13.5. The third kappa shape index (κ3) is 5.31. The van der Waals surface area contributed by atoms with Crippen LogP contribution in [0.1, 0.15) is 54.7 Å². The number of rotatable bonds is 5. The number of para-hydroxylation sites is 1. The second-order valence-corrected chi connectivity index (χ2v) is 7.72. The molecular formula is C22H27N3O4. The van der Waals surface area contributed by atoms with Gasteiger partial charge in [0.05, 0.1) is 11.1 Å². The smallest absolute Gasteiger partial charge is 0.339 e. The Bertz CT molecular complexity index is 924. The maximum Gasteiger partial charge on any atom is 0.339 e. The van der Waals surface area contributed by atoms with E-state index in [4.69, 9.17) is 9.72 Å². The van der Waals surface area contributed by atoms with Crippen LogP contribution >= 0.6 is 0 Å². The maximum atomic E-state index is 12.9. The average Bonchev–Trinajstić information content (AvgIpc) is 2.93. The van der Waals surface area contributed by atoms with Gasteiger partial charge in [0.25, 0.3) is 5.91 Å². The summed E-state index contributed by atoms with van der Waals surface area (Å²) < 4.78 is 5.27. The van der Waals surface area contributed by atoms with Crippen LogP contribution in [0.2, 0.25) is 0 Å². The van der Waals surface area contributed by atoms with E-state index in [-0.39, 0.29) is 5.92 Å². The fourth-order valence-electron chi connectivity index (χ4n) is 3.49. The van der Waals surface area contributed by atoms with E-state index in [1.807, 2.05) is 38.1 Å². The van der Waals surface area contributed by atoms with Gasteiger partial charge in [0, 0.05) is 17.6 Å². The number of fused-ring (bicyclic) bond motifs is 2. The number of hydrogen-bond donors (Lipinski definition) is 2. The molecular weight excluding hydrogens is 370 g/mol. The molecule has 1 heterocycles. The van der Waals surface area contributed by atoms with Crippen molar-refractivity contribution in [1.82, 2.24) is 15.6 Å². The van der Waals surface area contributed by atoms with E-state index in [0.717, 1.165) is 54.3 Å². The lowest BCUT2D eigenvalue weighted by Gasteiger charge is -2.15. The molecule has 0 spiro atoms. The van der Waals surface area contributed by atoms with Crippen molar-refractivity contribution in [3.63, 3.8) is 0 Å². The molecule has 1 aliphatic rings. The number of imide groups is 1. The van der Waals surface area contributed by atoms with E-state index in [2.05, 4.69) is 10.6 Å². The number of carbonyl (C=O) groups is 3. The highest BCUT2D eigenvalue weighted by Gasteiger charge is 2.23. The van der Waals surface area contributed by atoms with Gasteiger partial charge in [0.15, 0.2) is 6.61 Å². The van der Waals surface area contributed by atoms with E-state index in [9.17, 15) is 14.4 Å². The topological polar surface area (TPSA) is 97.4 Å². The van der Waals surface area contributed by atoms with Crippen molar-refractivity contribution in [2.45, 2.75) is 46.0 Å². The van der Waals surface area contributed by atoms with Gasteiger partial charge in [-0.15, -0.1) is 0 Å². The largest absolute Gasteiger partial charge is 0.452 e. The Hall–Kier alpha value is -2.96. The van der Waals surface area contributed by atoms with Crippen LogP contribution in [0.5, 0.6) is 0 Å². The van der Waals surface area contributed by atoms with E-state index in [0.29, 0.717) is 12.1 Å². The van der Waals surface area contributed by atoms with Gasteiger partial charge in [-0.2, -0.15) is 0 Å². The molecule has 0 radical (unpaired) electrons. The fraction of sp³-hybridized carbons (Fsp3) is 0.455. The van der Waals surface area contributed by atoms with Gasteiger partial charge >= 0.3 is 12.0 Å². The highest BCUT2D eigenvalue weighted by molar-refractivity contribution is 6.06. The summed E-state index contributed by atoms with van der Waals surface area (Å²) in [6, 6.07) is 6.88. The van der Waals surface area contributed by atoms with Crippen molar-refractivity contribution < 1.29 is 19.1 Å². The molecule has 2 aromatic rings. The van der Waals surface area contributed by atoms with Crippen LogP contribution in [-0.2, 0) is 22.4 Å². The van der Waals surface area contributed by atoms with Gasteiger partial charge in [-0.25, -0.2) is 9.59 Å². The minimum Gasteiger partial charge on any atom is -0.452 e. The van der Waals surface area contributed by atoms with Gasteiger partial charge in [-0.1, -0.05) is 38.5 Å². The summed E-state index contributed by atoms with van der Waals surface area (Å²) in [5.74, 6) is -0.951. The molecule has 2 N–H and O–H groups in total. The summed E-state index contributed by atoms with van der Waals surface area (Å²) >= 11 is 0. The van der Waals surface area contributed by atoms with Crippen molar-refractivity contribution in [3.8, 4) is 0 Å². The lowest BCUT2D eigenvalue weighted by molar-refractivity contribution is -0.123. The number of hydrogen-bond acceptors (Lipinski definition) is 5. The number of carbonyl (C=O) groups excluding carboxylic acids is 3. The molecule has 0 atom stereocenters. The molecule has 3 rings (SSSR count). The second-order valence-electron chi connectivity index (χ2n) is 7.72. The zero-order valence-corrected chi connectivity index (χ0v) is 16.9. The van der Waals surface area contributed by atoms with E-state index < -0.39 is 24.5 Å². The van der Waals surface area contributed by atoms with Gasteiger partial charge in [-0.3, -0.25) is 15.1 Å². The predicted octanol–water partition coefficient (Wildman–Crippen LogP) is 3.14. The molecule has 0 unspecified atom stereocenters. The molecule has 0 fully saturated rings. The Morgan fingerprint density at radius 3 is 2.66 bits per heavy atom. The molecule has 154 valence electrons. The Morgan fingerprint density at radius 2 is 1.86 bits per heavy atom. The highest BCUT2D eigenvalue weighted by Crippen LogP contribution is 2.29. The van der Waals surface area contributed by atoms with Crippen LogP contribution in [0.3, 0.4) is 0 Å².